The van der Waals surface area contributed by atoms with Gasteiger partial charge in [-0.2, -0.15) is 0 Å². The predicted octanol–water partition coefficient (Wildman–Crippen LogP) is 3.15. The zero-order chi connectivity index (χ0) is 10.8. The molecule has 0 aliphatic heterocycles. The Balaban J connectivity index is 1.94. The highest BCUT2D eigenvalue weighted by atomic mass is 14.7. The van der Waals surface area contributed by atoms with Gasteiger partial charge < -0.3 is 4.98 Å². The van der Waals surface area contributed by atoms with Gasteiger partial charge in [-0.15, -0.1) is 0 Å². The first kappa shape index (κ1) is 9.16. The van der Waals surface area contributed by atoms with Gasteiger partial charge in [0.05, 0.1) is 0 Å². The second-order valence-electron chi connectivity index (χ2n) is 3.90. The predicted molar refractivity (Wildman–Crippen MR) is 65.3 cm³/mol. The topological polar surface area (TPSA) is 28.7 Å². The van der Waals surface area contributed by atoms with Crippen LogP contribution in [0.3, 0.4) is 0 Å². The molecule has 1 aromatic carbocycles. The average molecular weight is 208 g/mol. The SMILES string of the molecule is c1ccc(Cc2ccc3[nH]ccc3c2)nc1. The maximum absolute atomic E-state index is 4.33. The molecular weight excluding hydrogens is 196 g/mol. The van der Waals surface area contributed by atoms with Crippen LogP contribution in [-0.2, 0) is 6.42 Å². The van der Waals surface area contributed by atoms with E-state index in [0.717, 1.165) is 12.1 Å². The Morgan fingerprint density at radius 1 is 1.06 bits per heavy atom. The summed E-state index contributed by atoms with van der Waals surface area (Å²) in [5.41, 5.74) is 3.59. The highest BCUT2D eigenvalue weighted by Crippen LogP contribution is 2.16. The number of H-pyrrole nitrogens is 1. The minimum absolute atomic E-state index is 0.891. The molecule has 0 aliphatic carbocycles. The molecule has 1 N–H and O–H groups in total. The number of hydrogen-bond acceptors (Lipinski definition) is 1. The smallest absolute Gasteiger partial charge is 0.0454 e. The van der Waals surface area contributed by atoms with Crippen LogP contribution in [0.25, 0.3) is 10.9 Å². The Labute approximate surface area is 94.0 Å². The molecule has 2 heteroatoms. The molecule has 0 amide bonds. The second-order valence-corrected chi connectivity index (χ2v) is 3.90. The van der Waals surface area contributed by atoms with Gasteiger partial charge in [0, 0.05) is 30.0 Å². The number of aromatic nitrogens is 2. The summed E-state index contributed by atoms with van der Waals surface area (Å²) in [7, 11) is 0. The highest BCUT2D eigenvalue weighted by Gasteiger charge is 1.99. The van der Waals surface area contributed by atoms with Crippen molar-refractivity contribution in [2.75, 3.05) is 0 Å². The van der Waals surface area contributed by atoms with Gasteiger partial charge in [-0.25, -0.2) is 0 Å². The van der Waals surface area contributed by atoms with Gasteiger partial charge in [0.15, 0.2) is 0 Å². The molecule has 0 fully saturated rings. The number of nitrogens with one attached hydrogen (secondary N) is 1. The van der Waals surface area contributed by atoms with Crippen molar-refractivity contribution >= 4 is 10.9 Å². The number of benzene rings is 1. The van der Waals surface area contributed by atoms with Crippen molar-refractivity contribution < 1.29 is 0 Å². The average Bonchev–Trinajstić information content (AvgIpc) is 2.77. The molecular formula is C14H12N2. The summed E-state index contributed by atoms with van der Waals surface area (Å²) in [4.78, 5) is 7.53. The fourth-order valence-electron chi connectivity index (χ4n) is 1.92. The number of aromatic amines is 1. The van der Waals surface area contributed by atoms with Gasteiger partial charge in [-0.1, -0.05) is 12.1 Å². The summed E-state index contributed by atoms with van der Waals surface area (Å²) < 4.78 is 0. The standard InChI is InChI=1S/C14H12N2/c1-2-7-15-13(3-1)10-11-4-5-14-12(9-11)6-8-16-14/h1-9,16H,10H2. The van der Waals surface area contributed by atoms with Crippen molar-refractivity contribution in [3.8, 4) is 0 Å². The number of nitrogens with zero attached hydrogens (tertiary/aromatic N) is 1. The molecule has 3 rings (SSSR count). The van der Waals surface area contributed by atoms with Gasteiger partial charge in [-0.05, 0) is 41.3 Å². The van der Waals surface area contributed by atoms with E-state index in [1.165, 1.54) is 16.5 Å². The molecule has 0 aliphatic rings. The Hall–Kier alpha value is -2.09. The van der Waals surface area contributed by atoms with Crippen LogP contribution >= 0.6 is 0 Å². The van der Waals surface area contributed by atoms with Crippen LogP contribution in [0.15, 0.2) is 54.9 Å². The third-order valence-electron chi connectivity index (χ3n) is 2.73. The summed E-state index contributed by atoms with van der Waals surface area (Å²) in [6.45, 7) is 0. The molecule has 0 bridgehead atoms. The molecule has 0 unspecified atom stereocenters. The van der Waals surface area contributed by atoms with E-state index in [1.807, 2.05) is 24.5 Å². The number of hydrogen-bond donors (Lipinski definition) is 1. The molecule has 0 saturated carbocycles. The summed E-state index contributed by atoms with van der Waals surface area (Å²) >= 11 is 0. The number of rotatable bonds is 2. The van der Waals surface area contributed by atoms with Crippen molar-refractivity contribution in [1.82, 2.24) is 9.97 Å². The van der Waals surface area contributed by atoms with Crippen LogP contribution in [-0.4, -0.2) is 9.97 Å². The van der Waals surface area contributed by atoms with E-state index in [1.54, 1.807) is 0 Å². The fraction of sp³-hybridized carbons (Fsp3) is 0.0714. The minimum atomic E-state index is 0.891. The monoisotopic (exact) mass is 208 g/mol. The lowest BCUT2D eigenvalue weighted by atomic mass is 10.1. The van der Waals surface area contributed by atoms with E-state index >= 15 is 0 Å². The minimum Gasteiger partial charge on any atom is -0.361 e. The van der Waals surface area contributed by atoms with E-state index in [2.05, 4.69) is 40.3 Å². The quantitative estimate of drug-likeness (QED) is 0.688. The maximum Gasteiger partial charge on any atom is 0.0454 e. The molecule has 0 spiro atoms. The molecule has 2 heterocycles. The molecule has 0 radical (unpaired) electrons. The summed E-state index contributed by atoms with van der Waals surface area (Å²) in [6.07, 6.45) is 4.70. The lowest BCUT2D eigenvalue weighted by Crippen LogP contribution is -1.90. The Kier molecular flexibility index (Phi) is 2.18. The first-order valence-electron chi connectivity index (χ1n) is 5.38. The van der Waals surface area contributed by atoms with E-state index in [-0.39, 0.29) is 0 Å². The van der Waals surface area contributed by atoms with Crippen molar-refractivity contribution in [2.45, 2.75) is 6.42 Å². The molecule has 0 atom stereocenters. The van der Waals surface area contributed by atoms with Crippen LogP contribution in [0, 0.1) is 0 Å². The Bertz CT molecular complexity index is 596. The zero-order valence-corrected chi connectivity index (χ0v) is 8.85. The van der Waals surface area contributed by atoms with Gasteiger partial charge in [0.2, 0.25) is 0 Å². The lowest BCUT2D eigenvalue weighted by molar-refractivity contribution is 1.08. The van der Waals surface area contributed by atoms with Crippen LogP contribution in [0.1, 0.15) is 11.3 Å². The Morgan fingerprint density at radius 3 is 2.94 bits per heavy atom. The largest absolute Gasteiger partial charge is 0.361 e. The van der Waals surface area contributed by atoms with E-state index in [4.69, 9.17) is 0 Å². The third-order valence-corrected chi connectivity index (χ3v) is 2.73. The third kappa shape index (κ3) is 1.70. The van der Waals surface area contributed by atoms with Crippen LogP contribution < -0.4 is 0 Å². The fourth-order valence-corrected chi connectivity index (χ4v) is 1.92. The van der Waals surface area contributed by atoms with Gasteiger partial charge >= 0.3 is 0 Å². The van der Waals surface area contributed by atoms with Gasteiger partial charge in [0.1, 0.15) is 0 Å². The summed E-state index contributed by atoms with van der Waals surface area (Å²) in [5, 5.41) is 1.26. The van der Waals surface area contributed by atoms with Crippen molar-refractivity contribution in [2.24, 2.45) is 0 Å². The molecule has 0 saturated heterocycles. The molecule has 78 valence electrons. The summed E-state index contributed by atoms with van der Waals surface area (Å²) in [5.74, 6) is 0. The molecule has 16 heavy (non-hydrogen) atoms. The van der Waals surface area contributed by atoms with Gasteiger partial charge in [0.25, 0.3) is 0 Å². The van der Waals surface area contributed by atoms with Crippen molar-refractivity contribution in [3.05, 3.63) is 66.1 Å². The normalized spacial score (nSPS) is 10.8. The van der Waals surface area contributed by atoms with Gasteiger partial charge in [-0.3, -0.25) is 4.98 Å². The first-order chi connectivity index (χ1) is 7.92. The van der Waals surface area contributed by atoms with Crippen molar-refractivity contribution in [3.63, 3.8) is 0 Å². The summed E-state index contributed by atoms with van der Waals surface area (Å²) in [6, 6.07) is 14.6. The molecule has 2 aromatic heterocycles. The Morgan fingerprint density at radius 2 is 2.06 bits per heavy atom. The highest BCUT2D eigenvalue weighted by molar-refractivity contribution is 5.79. The van der Waals surface area contributed by atoms with Crippen LogP contribution in [0.5, 0.6) is 0 Å². The number of pyridine rings is 1. The van der Waals surface area contributed by atoms with Crippen LogP contribution in [0.2, 0.25) is 0 Å². The zero-order valence-electron chi connectivity index (χ0n) is 8.85. The number of fused-ring (bicyclic) bond motifs is 1. The van der Waals surface area contributed by atoms with Crippen LogP contribution in [0.4, 0.5) is 0 Å². The molecule has 2 nitrogen and oxygen atoms in total. The lowest BCUT2D eigenvalue weighted by Gasteiger charge is -2.01. The second kappa shape index (κ2) is 3.81. The van der Waals surface area contributed by atoms with E-state index < -0.39 is 0 Å². The van der Waals surface area contributed by atoms with Crippen molar-refractivity contribution in [1.29, 1.82) is 0 Å². The van der Waals surface area contributed by atoms with E-state index in [0.29, 0.717) is 0 Å². The van der Waals surface area contributed by atoms with E-state index in [9.17, 15) is 0 Å². The molecule has 3 aromatic rings. The first-order valence-corrected chi connectivity index (χ1v) is 5.38. The maximum atomic E-state index is 4.33.